The first kappa shape index (κ1) is 16.3. The number of ether oxygens (including phenoxy) is 1. The highest BCUT2D eigenvalue weighted by atomic mass is 32.1. The monoisotopic (exact) mass is 338 g/mol. The molecule has 6 heteroatoms. The number of aryl methyl sites for hydroxylation is 1. The molecule has 1 aromatic carbocycles. The predicted molar refractivity (Wildman–Crippen MR) is 96.7 cm³/mol. The average molecular weight is 338 g/mol. The van der Waals surface area contributed by atoms with Crippen molar-refractivity contribution in [2.24, 2.45) is 0 Å². The van der Waals surface area contributed by atoms with Gasteiger partial charge in [-0.3, -0.25) is 4.98 Å². The van der Waals surface area contributed by atoms with Crippen molar-refractivity contribution in [3.05, 3.63) is 66.1 Å². The van der Waals surface area contributed by atoms with Crippen LogP contribution >= 0.6 is 12.6 Å². The molecule has 24 heavy (non-hydrogen) atoms. The predicted octanol–water partition coefficient (Wildman–Crippen LogP) is 4.13. The third-order valence-corrected chi connectivity index (χ3v) is 3.85. The zero-order valence-corrected chi connectivity index (χ0v) is 14.2. The fourth-order valence-corrected chi connectivity index (χ4v) is 2.39. The normalized spacial score (nSPS) is 10.4. The van der Waals surface area contributed by atoms with Gasteiger partial charge in [0.15, 0.2) is 0 Å². The average Bonchev–Trinajstić information content (AvgIpc) is 2.62. The Morgan fingerprint density at radius 1 is 1.12 bits per heavy atom. The maximum atomic E-state index is 5.70. The summed E-state index contributed by atoms with van der Waals surface area (Å²) in [6.07, 6.45) is 4.12. The molecule has 0 radical (unpaired) electrons. The van der Waals surface area contributed by atoms with Crippen LogP contribution in [0.1, 0.15) is 18.2 Å². The van der Waals surface area contributed by atoms with Crippen LogP contribution in [-0.2, 0) is 13.0 Å². The van der Waals surface area contributed by atoms with Gasteiger partial charge in [-0.25, -0.2) is 0 Å². The van der Waals surface area contributed by atoms with Gasteiger partial charge in [0.2, 0.25) is 0 Å². The summed E-state index contributed by atoms with van der Waals surface area (Å²) in [6, 6.07) is 13.8. The number of pyridine rings is 1. The molecule has 0 aliphatic carbocycles. The quantitative estimate of drug-likeness (QED) is 0.662. The van der Waals surface area contributed by atoms with Crippen molar-refractivity contribution in [3.63, 3.8) is 0 Å². The summed E-state index contributed by atoms with van der Waals surface area (Å²) in [5, 5.41) is 3.31. The van der Waals surface area contributed by atoms with Gasteiger partial charge in [0.25, 0.3) is 0 Å². The van der Waals surface area contributed by atoms with Gasteiger partial charge in [0.05, 0.1) is 6.20 Å². The van der Waals surface area contributed by atoms with Crippen LogP contribution in [0.5, 0.6) is 11.8 Å². The molecule has 122 valence electrons. The second kappa shape index (κ2) is 7.79. The molecule has 5 nitrogen and oxygen atoms in total. The van der Waals surface area contributed by atoms with E-state index in [1.165, 1.54) is 0 Å². The highest BCUT2D eigenvalue weighted by Crippen LogP contribution is 2.20. The molecule has 1 N–H and O–H groups in total. The topological polar surface area (TPSA) is 59.9 Å². The largest absolute Gasteiger partial charge is 0.423 e. The SMILES string of the molecule is CCc1cc(NCc2ccccc2S)nc(Oc2cccnc2)n1. The van der Waals surface area contributed by atoms with E-state index < -0.39 is 0 Å². The van der Waals surface area contributed by atoms with E-state index in [9.17, 15) is 0 Å². The molecule has 0 spiro atoms. The van der Waals surface area contributed by atoms with Gasteiger partial charge in [0, 0.05) is 29.4 Å². The second-order valence-corrected chi connectivity index (χ2v) is 5.64. The number of hydrogen-bond donors (Lipinski definition) is 2. The van der Waals surface area contributed by atoms with Crippen molar-refractivity contribution in [1.82, 2.24) is 15.0 Å². The van der Waals surface area contributed by atoms with Gasteiger partial charge in [0.1, 0.15) is 11.6 Å². The van der Waals surface area contributed by atoms with E-state index in [2.05, 4.69) is 32.9 Å². The van der Waals surface area contributed by atoms with E-state index in [4.69, 9.17) is 4.74 Å². The van der Waals surface area contributed by atoms with Gasteiger partial charge >= 0.3 is 6.01 Å². The Balaban J connectivity index is 1.77. The number of benzene rings is 1. The van der Waals surface area contributed by atoms with Crippen molar-refractivity contribution in [1.29, 1.82) is 0 Å². The van der Waals surface area contributed by atoms with Gasteiger partial charge < -0.3 is 10.1 Å². The van der Waals surface area contributed by atoms with Crippen molar-refractivity contribution < 1.29 is 4.74 Å². The zero-order chi connectivity index (χ0) is 16.8. The van der Waals surface area contributed by atoms with Gasteiger partial charge in [-0.1, -0.05) is 25.1 Å². The number of thiol groups is 1. The third-order valence-electron chi connectivity index (χ3n) is 3.42. The molecule has 3 aromatic rings. The molecule has 3 rings (SSSR count). The lowest BCUT2D eigenvalue weighted by atomic mass is 10.2. The molecular weight excluding hydrogens is 320 g/mol. The van der Waals surface area contributed by atoms with Gasteiger partial charge in [-0.05, 0) is 30.2 Å². The maximum Gasteiger partial charge on any atom is 0.324 e. The van der Waals surface area contributed by atoms with E-state index in [-0.39, 0.29) is 0 Å². The Labute approximate surface area is 146 Å². The molecule has 0 saturated heterocycles. The third kappa shape index (κ3) is 4.23. The van der Waals surface area contributed by atoms with Crippen LogP contribution in [0.25, 0.3) is 0 Å². The molecule has 0 bridgehead atoms. The van der Waals surface area contributed by atoms with Gasteiger partial charge in [-0.2, -0.15) is 9.97 Å². The highest BCUT2D eigenvalue weighted by Gasteiger charge is 2.07. The number of anilines is 1. The van der Waals surface area contributed by atoms with Crippen molar-refractivity contribution in [2.75, 3.05) is 5.32 Å². The molecule has 0 amide bonds. The minimum Gasteiger partial charge on any atom is -0.423 e. The van der Waals surface area contributed by atoms with E-state index >= 15 is 0 Å². The number of hydrogen-bond acceptors (Lipinski definition) is 6. The van der Waals surface area contributed by atoms with E-state index in [0.717, 1.165) is 28.4 Å². The molecule has 2 aromatic heterocycles. The van der Waals surface area contributed by atoms with E-state index in [1.807, 2.05) is 49.4 Å². The fourth-order valence-electron chi connectivity index (χ4n) is 2.15. The van der Waals surface area contributed by atoms with Crippen LogP contribution in [0.4, 0.5) is 5.82 Å². The molecule has 0 atom stereocenters. The fraction of sp³-hybridized carbons (Fsp3) is 0.167. The number of nitrogens with zero attached hydrogens (tertiary/aromatic N) is 3. The van der Waals surface area contributed by atoms with E-state index in [0.29, 0.717) is 18.3 Å². The van der Waals surface area contributed by atoms with Crippen LogP contribution in [-0.4, -0.2) is 15.0 Å². The summed E-state index contributed by atoms with van der Waals surface area (Å²) in [4.78, 5) is 13.8. The summed E-state index contributed by atoms with van der Waals surface area (Å²) in [7, 11) is 0. The van der Waals surface area contributed by atoms with Crippen LogP contribution in [0.15, 0.2) is 59.8 Å². The standard InChI is InChI=1S/C18H18N4OS/c1-2-14-10-17(20-11-13-6-3-4-8-16(13)24)22-18(21-14)23-15-7-5-9-19-12-15/h3-10,12,24H,2,11H2,1H3,(H,20,21,22). The minimum atomic E-state index is 0.309. The van der Waals surface area contributed by atoms with Crippen LogP contribution in [0.3, 0.4) is 0 Å². The summed E-state index contributed by atoms with van der Waals surface area (Å²) >= 11 is 4.47. The lowest BCUT2D eigenvalue weighted by Crippen LogP contribution is -2.05. The molecular formula is C18H18N4OS. The minimum absolute atomic E-state index is 0.309. The Morgan fingerprint density at radius 2 is 2.00 bits per heavy atom. The van der Waals surface area contributed by atoms with Crippen LogP contribution in [0, 0.1) is 0 Å². The second-order valence-electron chi connectivity index (χ2n) is 5.15. The van der Waals surface area contributed by atoms with Crippen LogP contribution < -0.4 is 10.1 Å². The summed E-state index contributed by atoms with van der Waals surface area (Å²) in [5.74, 6) is 1.33. The first-order chi connectivity index (χ1) is 11.7. The lowest BCUT2D eigenvalue weighted by Gasteiger charge is -2.11. The Bertz CT molecular complexity index is 811. The summed E-state index contributed by atoms with van der Waals surface area (Å²) in [6.45, 7) is 2.68. The van der Waals surface area contributed by atoms with Gasteiger partial charge in [-0.15, -0.1) is 12.6 Å². The molecule has 0 aliphatic rings. The van der Waals surface area contributed by atoms with Crippen molar-refractivity contribution in [2.45, 2.75) is 24.8 Å². The first-order valence-electron chi connectivity index (χ1n) is 7.71. The number of aromatic nitrogens is 3. The molecule has 0 unspecified atom stereocenters. The number of rotatable bonds is 6. The molecule has 2 heterocycles. The Kier molecular flexibility index (Phi) is 5.28. The van der Waals surface area contributed by atoms with Crippen LogP contribution in [0.2, 0.25) is 0 Å². The number of nitrogens with one attached hydrogen (secondary N) is 1. The van der Waals surface area contributed by atoms with E-state index in [1.54, 1.807) is 12.4 Å². The Morgan fingerprint density at radius 3 is 2.75 bits per heavy atom. The summed E-state index contributed by atoms with van der Waals surface area (Å²) < 4.78 is 5.70. The van der Waals surface area contributed by atoms with Crippen molar-refractivity contribution >= 4 is 18.4 Å². The first-order valence-corrected chi connectivity index (χ1v) is 8.16. The smallest absolute Gasteiger partial charge is 0.324 e. The highest BCUT2D eigenvalue weighted by molar-refractivity contribution is 7.80. The molecule has 0 fully saturated rings. The lowest BCUT2D eigenvalue weighted by molar-refractivity contribution is 0.438. The molecule has 0 saturated carbocycles. The Hall–Kier alpha value is -2.60. The maximum absolute atomic E-state index is 5.70. The zero-order valence-electron chi connectivity index (χ0n) is 13.3. The molecule has 0 aliphatic heterocycles. The summed E-state index contributed by atoms with van der Waals surface area (Å²) in [5.41, 5.74) is 2.01. The van der Waals surface area contributed by atoms with Crippen molar-refractivity contribution in [3.8, 4) is 11.8 Å².